The van der Waals surface area contributed by atoms with Gasteiger partial charge in [0.25, 0.3) is 10.0 Å². The first-order valence-corrected chi connectivity index (χ1v) is 16.8. The second-order valence-corrected chi connectivity index (χ2v) is 13.6. The van der Waals surface area contributed by atoms with Crippen molar-refractivity contribution in [2.45, 2.75) is 64.1 Å². The van der Waals surface area contributed by atoms with Gasteiger partial charge in [-0.1, -0.05) is 90.8 Å². The number of nitrogens with one attached hydrogen (secondary N) is 1. The molecule has 0 heterocycles. The second kappa shape index (κ2) is 15.2. The summed E-state index contributed by atoms with van der Waals surface area (Å²) >= 11 is 6.15. The Bertz CT molecular complexity index is 1690. The number of amides is 2. The molecule has 4 aromatic rings. The van der Waals surface area contributed by atoms with Crippen molar-refractivity contribution in [3.63, 3.8) is 0 Å². The number of hydrogen-bond acceptors (Lipinski definition) is 4. The molecule has 4 rings (SSSR count). The number of hydrogen-bond donors (Lipinski definition) is 1. The summed E-state index contributed by atoms with van der Waals surface area (Å²) in [6.07, 6.45) is 0.973. The van der Waals surface area contributed by atoms with Crippen molar-refractivity contribution < 1.29 is 18.0 Å². The zero-order chi connectivity index (χ0) is 32.6. The third-order valence-corrected chi connectivity index (χ3v) is 9.92. The Balaban J connectivity index is 1.81. The lowest BCUT2D eigenvalue weighted by Crippen LogP contribution is -2.54. The molecule has 0 aliphatic carbocycles. The number of sulfonamides is 1. The molecule has 7 nitrogen and oxygen atoms in total. The Morgan fingerprint density at radius 2 is 1.47 bits per heavy atom. The van der Waals surface area contributed by atoms with Crippen molar-refractivity contribution in [2.75, 3.05) is 10.8 Å². The Morgan fingerprint density at radius 3 is 2.09 bits per heavy atom. The summed E-state index contributed by atoms with van der Waals surface area (Å²) in [5, 5.41) is 3.49. The van der Waals surface area contributed by atoms with Gasteiger partial charge in [-0.25, -0.2) is 8.42 Å². The molecule has 45 heavy (non-hydrogen) atoms. The van der Waals surface area contributed by atoms with Crippen molar-refractivity contribution in [2.24, 2.45) is 0 Å². The Morgan fingerprint density at radius 1 is 0.844 bits per heavy atom. The van der Waals surface area contributed by atoms with Crippen molar-refractivity contribution in [3.05, 3.63) is 130 Å². The lowest BCUT2D eigenvalue weighted by Gasteiger charge is -2.34. The minimum Gasteiger partial charge on any atom is -0.352 e. The van der Waals surface area contributed by atoms with Gasteiger partial charge in [0.15, 0.2) is 0 Å². The summed E-state index contributed by atoms with van der Waals surface area (Å²) in [6.45, 7) is 7.32. The molecule has 0 saturated carbocycles. The van der Waals surface area contributed by atoms with Gasteiger partial charge in [-0.05, 0) is 80.3 Å². The Hall–Kier alpha value is -4.14. The molecule has 0 aliphatic heterocycles. The van der Waals surface area contributed by atoms with Crippen molar-refractivity contribution >= 4 is 39.1 Å². The second-order valence-electron chi connectivity index (χ2n) is 11.3. The van der Waals surface area contributed by atoms with E-state index in [-0.39, 0.29) is 35.5 Å². The average Bonchev–Trinajstić information content (AvgIpc) is 3.03. The van der Waals surface area contributed by atoms with Gasteiger partial charge in [-0.3, -0.25) is 13.9 Å². The number of carbonyl (C=O) groups excluding carboxylic acids is 2. The molecule has 0 unspecified atom stereocenters. The van der Waals surface area contributed by atoms with E-state index < -0.39 is 28.5 Å². The topological polar surface area (TPSA) is 86.8 Å². The van der Waals surface area contributed by atoms with Gasteiger partial charge in [0.2, 0.25) is 11.8 Å². The van der Waals surface area contributed by atoms with Crippen molar-refractivity contribution in [1.29, 1.82) is 0 Å². The SMILES string of the molecule is CC[C@H](C)NC(=O)[C@@H](Cc1ccccc1)N(Cc1ccccc1C)C(=O)CN(c1ccc(Cl)cc1)S(=O)(=O)c1ccc(C)cc1. The number of nitrogens with zero attached hydrogens (tertiary/aromatic N) is 2. The standard InChI is InChI=1S/C36H40ClN3O4S/c1-5-28(4)38-36(42)34(23-29-12-7-6-8-13-29)39(24-30-14-10-9-11-27(30)3)35(41)25-40(32-19-17-31(37)18-20-32)45(43,44)33-21-15-26(2)16-22-33/h6-22,28,34H,5,23-25H2,1-4H3,(H,38,42)/t28-,34+/m0/s1. The van der Waals surface area contributed by atoms with Crippen LogP contribution in [0.1, 0.15) is 42.5 Å². The quantitative estimate of drug-likeness (QED) is 0.175. The maximum atomic E-state index is 14.5. The van der Waals surface area contributed by atoms with Crippen LogP contribution in [0.25, 0.3) is 0 Å². The van der Waals surface area contributed by atoms with Gasteiger partial charge in [-0.2, -0.15) is 0 Å². The largest absolute Gasteiger partial charge is 0.352 e. The maximum absolute atomic E-state index is 14.5. The van der Waals surface area contributed by atoms with Crippen LogP contribution < -0.4 is 9.62 Å². The summed E-state index contributed by atoms with van der Waals surface area (Å²) in [5.74, 6) is -0.807. The van der Waals surface area contributed by atoms with Crippen LogP contribution in [-0.4, -0.2) is 43.8 Å². The van der Waals surface area contributed by atoms with E-state index in [9.17, 15) is 18.0 Å². The van der Waals surface area contributed by atoms with E-state index in [1.807, 2.05) is 82.3 Å². The summed E-state index contributed by atoms with van der Waals surface area (Å²) in [7, 11) is -4.18. The van der Waals surface area contributed by atoms with Crippen LogP contribution in [0.2, 0.25) is 5.02 Å². The fraction of sp³-hybridized carbons (Fsp3) is 0.278. The highest BCUT2D eigenvalue weighted by Gasteiger charge is 2.35. The monoisotopic (exact) mass is 645 g/mol. The van der Waals surface area contributed by atoms with Crippen molar-refractivity contribution in [3.8, 4) is 0 Å². The first-order chi connectivity index (χ1) is 21.5. The van der Waals surface area contributed by atoms with E-state index in [2.05, 4.69) is 5.32 Å². The highest BCUT2D eigenvalue weighted by atomic mass is 35.5. The highest BCUT2D eigenvalue weighted by Crippen LogP contribution is 2.27. The van der Waals surface area contributed by atoms with Crippen LogP contribution in [-0.2, 0) is 32.6 Å². The predicted molar refractivity (Wildman–Crippen MR) is 181 cm³/mol. The van der Waals surface area contributed by atoms with Crippen LogP contribution in [0.15, 0.2) is 108 Å². The molecule has 9 heteroatoms. The minimum absolute atomic E-state index is 0.0525. The van der Waals surface area contributed by atoms with Gasteiger partial charge < -0.3 is 10.2 Å². The van der Waals surface area contributed by atoms with Crippen LogP contribution in [0.5, 0.6) is 0 Å². The van der Waals surface area contributed by atoms with Crippen LogP contribution >= 0.6 is 11.6 Å². The number of benzene rings is 4. The first-order valence-electron chi connectivity index (χ1n) is 15.0. The molecule has 0 bridgehead atoms. The smallest absolute Gasteiger partial charge is 0.264 e. The van der Waals surface area contributed by atoms with Gasteiger partial charge in [0, 0.05) is 24.0 Å². The number of carbonyl (C=O) groups is 2. The predicted octanol–water partition coefficient (Wildman–Crippen LogP) is 6.71. The molecular weight excluding hydrogens is 606 g/mol. The number of rotatable bonds is 13. The van der Waals surface area contributed by atoms with Crippen LogP contribution in [0.3, 0.4) is 0 Å². The molecular formula is C36H40ClN3O4S. The van der Waals surface area contributed by atoms with E-state index in [1.54, 1.807) is 36.4 Å². The third kappa shape index (κ3) is 8.74. The summed E-state index contributed by atoms with van der Waals surface area (Å²) < 4.78 is 29.3. The van der Waals surface area contributed by atoms with Crippen molar-refractivity contribution in [1.82, 2.24) is 10.2 Å². The summed E-state index contributed by atoms with van der Waals surface area (Å²) in [5.41, 5.74) is 3.89. The molecule has 0 spiro atoms. The molecule has 0 aromatic heterocycles. The molecule has 236 valence electrons. The minimum atomic E-state index is -4.18. The summed E-state index contributed by atoms with van der Waals surface area (Å²) in [4.78, 5) is 30.0. The molecule has 0 radical (unpaired) electrons. The molecule has 1 N–H and O–H groups in total. The van der Waals surface area contributed by atoms with Gasteiger partial charge >= 0.3 is 0 Å². The zero-order valence-corrected chi connectivity index (χ0v) is 27.7. The number of aryl methyl sites for hydroxylation is 2. The first kappa shape index (κ1) is 33.7. The maximum Gasteiger partial charge on any atom is 0.264 e. The molecule has 4 aromatic carbocycles. The van der Waals surface area contributed by atoms with Gasteiger partial charge in [-0.15, -0.1) is 0 Å². The molecule has 2 amide bonds. The third-order valence-electron chi connectivity index (χ3n) is 7.88. The molecule has 0 saturated heterocycles. The fourth-order valence-corrected chi connectivity index (χ4v) is 6.48. The highest BCUT2D eigenvalue weighted by molar-refractivity contribution is 7.92. The molecule has 2 atom stereocenters. The van der Waals surface area contributed by atoms with E-state index in [0.29, 0.717) is 11.4 Å². The Kier molecular flexibility index (Phi) is 11.4. The van der Waals surface area contributed by atoms with Crippen LogP contribution in [0, 0.1) is 13.8 Å². The Labute approximate surface area is 271 Å². The van der Waals surface area contributed by atoms with E-state index in [4.69, 9.17) is 11.6 Å². The van der Waals surface area contributed by atoms with Gasteiger partial charge in [0.1, 0.15) is 12.6 Å². The van der Waals surface area contributed by atoms with Crippen LogP contribution in [0.4, 0.5) is 5.69 Å². The van der Waals surface area contributed by atoms with E-state index in [1.165, 1.54) is 17.0 Å². The molecule has 0 aliphatic rings. The van der Waals surface area contributed by atoms with Gasteiger partial charge in [0.05, 0.1) is 10.6 Å². The molecule has 0 fully saturated rings. The number of halogens is 1. The van der Waals surface area contributed by atoms with E-state index in [0.717, 1.165) is 26.6 Å². The number of anilines is 1. The summed E-state index contributed by atoms with van der Waals surface area (Å²) in [6, 6.07) is 29.0. The average molecular weight is 646 g/mol. The zero-order valence-electron chi connectivity index (χ0n) is 26.1. The fourth-order valence-electron chi connectivity index (χ4n) is 4.94. The lowest BCUT2D eigenvalue weighted by molar-refractivity contribution is -0.140. The lowest BCUT2D eigenvalue weighted by atomic mass is 10.0. The normalized spacial score (nSPS) is 12.6. The van der Waals surface area contributed by atoms with E-state index >= 15 is 0 Å².